The standard InChI is InChI=1S/C50H54N3O.Pt/c1-31(2)50(12,13)35-18-16-19-36(28-35)52-44-23-15-14-22-40(44)41-25-24-39(30-45(41)52)54-38-21-17-20-37(29-38)53-34(5)46(33(4)51-53)47-42(48(6,7)8)26-32(3)27-43(47)49(9,10)11;/h14-18,20-28,31H,1-13H3;/q-3;. The van der Waals surface area contributed by atoms with Gasteiger partial charge in [0.05, 0.1) is 5.69 Å². The van der Waals surface area contributed by atoms with Gasteiger partial charge in [-0.15, -0.1) is 47.3 Å². The molecule has 7 rings (SSSR count). The molecule has 288 valence electrons. The fourth-order valence-corrected chi connectivity index (χ4v) is 7.72. The van der Waals surface area contributed by atoms with E-state index in [4.69, 9.17) is 9.84 Å². The molecule has 0 aliphatic carbocycles. The second-order valence-corrected chi connectivity index (χ2v) is 18.0. The number of hydrogen-bond donors (Lipinski definition) is 0. The summed E-state index contributed by atoms with van der Waals surface area (Å²) in [6, 6.07) is 40.6. The van der Waals surface area contributed by atoms with Crippen molar-refractivity contribution in [2.24, 2.45) is 5.92 Å². The Morgan fingerprint density at radius 3 is 1.98 bits per heavy atom. The third-order valence-electron chi connectivity index (χ3n) is 11.4. The summed E-state index contributed by atoms with van der Waals surface area (Å²) in [6.07, 6.45) is 0. The summed E-state index contributed by atoms with van der Waals surface area (Å²) in [6.45, 7) is 29.5. The molecular formula is C50H54N3OPt-3. The molecule has 0 aliphatic heterocycles. The number of nitrogens with zero attached hydrogens (tertiary/aromatic N) is 3. The fourth-order valence-electron chi connectivity index (χ4n) is 7.72. The average Bonchev–Trinajstić information content (AvgIpc) is 3.59. The summed E-state index contributed by atoms with van der Waals surface area (Å²) in [5.74, 6) is 1.71. The van der Waals surface area contributed by atoms with Crippen LogP contribution in [0.4, 0.5) is 0 Å². The maximum atomic E-state index is 6.57. The minimum Gasteiger partial charge on any atom is -0.509 e. The van der Waals surface area contributed by atoms with Gasteiger partial charge in [0, 0.05) is 49.3 Å². The molecule has 0 amide bonds. The monoisotopic (exact) mass is 907 g/mol. The molecule has 5 heteroatoms. The number of fused-ring (bicyclic) bond motifs is 3. The summed E-state index contributed by atoms with van der Waals surface area (Å²) < 4.78 is 10.8. The summed E-state index contributed by atoms with van der Waals surface area (Å²) in [5, 5.41) is 7.42. The number of hydrogen-bond acceptors (Lipinski definition) is 2. The van der Waals surface area contributed by atoms with E-state index in [-0.39, 0.29) is 37.3 Å². The van der Waals surface area contributed by atoms with Gasteiger partial charge in [-0.1, -0.05) is 116 Å². The fraction of sp³-hybridized carbons (Fsp3) is 0.340. The Balaban J connectivity index is 0.00000514. The zero-order valence-corrected chi connectivity index (χ0v) is 37.0. The van der Waals surface area contributed by atoms with E-state index in [0.717, 1.165) is 39.2 Å². The van der Waals surface area contributed by atoms with E-state index in [1.54, 1.807) is 0 Å². The van der Waals surface area contributed by atoms with Crippen molar-refractivity contribution in [3.63, 3.8) is 0 Å². The number of para-hydroxylation sites is 1. The molecule has 0 aliphatic rings. The van der Waals surface area contributed by atoms with Gasteiger partial charge in [0.2, 0.25) is 0 Å². The largest absolute Gasteiger partial charge is 0.509 e. The minimum absolute atomic E-state index is 0. The van der Waals surface area contributed by atoms with Crippen molar-refractivity contribution in [1.82, 2.24) is 14.3 Å². The van der Waals surface area contributed by atoms with Gasteiger partial charge in [0.15, 0.2) is 0 Å². The number of ether oxygens (including phenoxy) is 1. The van der Waals surface area contributed by atoms with Gasteiger partial charge in [0.1, 0.15) is 0 Å². The van der Waals surface area contributed by atoms with Crippen molar-refractivity contribution in [2.75, 3.05) is 0 Å². The van der Waals surface area contributed by atoms with Gasteiger partial charge in [-0.25, -0.2) is 0 Å². The van der Waals surface area contributed by atoms with Crippen LogP contribution in [-0.2, 0) is 37.3 Å². The van der Waals surface area contributed by atoms with Crippen molar-refractivity contribution in [3.05, 3.63) is 137 Å². The third-order valence-corrected chi connectivity index (χ3v) is 11.4. The van der Waals surface area contributed by atoms with Crippen LogP contribution in [0.1, 0.15) is 103 Å². The normalized spacial score (nSPS) is 12.5. The quantitative estimate of drug-likeness (QED) is 0.149. The summed E-state index contributed by atoms with van der Waals surface area (Å²) in [4.78, 5) is 0. The Morgan fingerprint density at radius 1 is 0.673 bits per heavy atom. The number of rotatable bonds is 7. The van der Waals surface area contributed by atoms with Crippen molar-refractivity contribution >= 4 is 21.8 Å². The molecule has 0 radical (unpaired) electrons. The van der Waals surface area contributed by atoms with E-state index in [0.29, 0.717) is 17.4 Å². The third kappa shape index (κ3) is 7.36. The predicted octanol–water partition coefficient (Wildman–Crippen LogP) is 13.3. The molecule has 0 N–H and O–H groups in total. The first-order valence-corrected chi connectivity index (χ1v) is 19.3. The van der Waals surface area contributed by atoms with Crippen LogP contribution in [0, 0.1) is 44.9 Å². The Labute approximate surface area is 343 Å². The maximum absolute atomic E-state index is 6.57. The number of aryl methyl sites for hydroxylation is 2. The molecule has 0 unspecified atom stereocenters. The Kier molecular flexibility index (Phi) is 10.7. The van der Waals surface area contributed by atoms with Crippen LogP contribution in [0.2, 0.25) is 0 Å². The first-order chi connectivity index (χ1) is 25.4. The average molecular weight is 908 g/mol. The van der Waals surface area contributed by atoms with Crippen molar-refractivity contribution in [1.29, 1.82) is 0 Å². The van der Waals surface area contributed by atoms with E-state index in [1.165, 1.54) is 38.8 Å². The van der Waals surface area contributed by atoms with E-state index in [9.17, 15) is 0 Å². The van der Waals surface area contributed by atoms with E-state index in [2.05, 4.69) is 167 Å². The minimum atomic E-state index is -0.0446. The first kappa shape index (κ1) is 40.3. The van der Waals surface area contributed by atoms with E-state index < -0.39 is 0 Å². The second kappa shape index (κ2) is 14.6. The Bertz CT molecular complexity index is 2500. The molecule has 0 bridgehead atoms. The van der Waals surface area contributed by atoms with Gasteiger partial charge in [0.25, 0.3) is 0 Å². The zero-order chi connectivity index (χ0) is 38.9. The Morgan fingerprint density at radius 2 is 1.33 bits per heavy atom. The molecule has 55 heavy (non-hydrogen) atoms. The van der Waals surface area contributed by atoms with Gasteiger partial charge >= 0.3 is 0 Å². The van der Waals surface area contributed by atoms with Gasteiger partial charge in [-0.05, 0) is 76.8 Å². The van der Waals surface area contributed by atoms with Crippen molar-refractivity contribution in [3.8, 4) is 34.0 Å². The molecule has 4 nitrogen and oxygen atoms in total. The van der Waals surface area contributed by atoms with Crippen molar-refractivity contribution < 1.29 is 25.8 Å². The second-order valence-electron chi connectivity index (χ2n) is 18.0. The van der Waals surface area contributed by atoms with Crippen LogP contribution in [-0.4, -0.2) is 14.3 Å². The molecule has 0 atom stereocenters. The number of aromatic nitrogens is 3. The molecular weight excluding hydrogens is 854 g/mol. The smallest absolute Gasteiger partial charge is 0.0678 e. The molecule has 0 saturated heterocycles. The zero-order valence-electron chi connectivity index (χ0n) is 34.7. The molecule has 2 heterocycles. The Hall–Kier alpha value is -4.40. The summed E-state index contributed by atoms with van der Waals surface area (Å²) in [7, 11) is 0. The molecule has 5 aromatic carbocycles. The van der Waals surface area contributed by atoms with Gasteiger partial charge < -0.3 is 9.30 Å². The summed E-state index contributed by atoms with van der Waals surface area (Å²) >= 11 is 0. The molecule has 7 aromatic rings. The van der Waals surface area contributed by atoms with E-state index in [1.807, 2.05) is 35.0 Å². The molecule has 0 saturated carbocycles. The first-order valence-electron chi connectivity index (χ1n) is 19.3. The van der Waals surface area contributed by atoms with Crippen LogP contribution < -0.4 is 4.74 Å². The SMILES string of the molecule is Cc1cc(C(C)(C)C)c(-c2c(C)nn(-c3[c-]c(Oc4[c-]c5c(cc4)c4ccccc4n5-c4[c-]ccc(C(C)(C)C(C)C)c4)ccc3)c2C)c(C(C)(C)C)c1.[Pt]. The topological polar surface area (TPSA) is 32.0 Å². The summed E-state index contributed by atoms with van der Waals surface area (Å²) in [5.41, 5.74) is 13.6. The van der Waals surface area contributed by atoms with Crippen LogP contribution in [0.25, 0.3) is 44.3 Å². The van der Waals surface area contributed by atoms with Gasteiger partial charge in [-0.2, -0.15) is 35.4 Å². The molecule has 0 fully saturated rings. The van der Waals surface area contributed by atoms with Crippen LogP contribution in [0.5, 0.6) is 11.5 Å². The van der Waals surface area contributed by atoms with E-state index >= 15 is 0 Å². The predicted molar refractivity (Wildman–Crippen MR) is 226 cm³/mol. The molecule has 2 aromatic heterocycles. The number of benzene rings is 5. The van der Waals surface area contributed by atoms with Crippen LogP contribution in [0.3, 0.4) is 0 Å². The van der Waals surface area contributed by atoms with Gasteiger partial charge in [-0.3, -0.25) is 4.68 Å². The molecule has 0 spiro atoms. The van der Waals surface area contributed by atoms with Crippen LogP contribution in [0.15, 0.2) is 84.9 Å². The van der Waals surface area contributed by atoms with Crippen molar-refractivity contribution in [2.45, 2.75) is 106 Å². The van der Waals surface area contributed by atoms with Crippen LogP contribution >= 0.6 is 0 Å². The maximum Gasteiger partial charge on any atom is 0.0678 e.